The minimum atomic E-state index is -4.56. The first-order valence-corrected chi connectivity index (χ1v) is 9.02. The summed E-state index contributed by atoms with van der Waals surface area (Å²) in [4.78, 5) is 17.5. The molecular weight excluding hydrogens is 367 g/mol. The van der Waals surface area contributed by atoms with Gasteiger partial charge >= 0.3 is 12.3 Å². The van der Waals surface area contributed by atoms with E-state index >= 15 is 0 Å². The maximum absolute atomic E-state index is 14.0. The Morgan fingerprint density at radius 2 is 1.93 bits per heavy atom. The normalized spacial score (nSPS) is 23.5. The lowest BCUT2D eigenvalue weighted by Gasteiger charge is -2.40. The van der Waals surface area contributed by atoms with Crippen molar-refractivity contribution in [2.75, 3.05) is 19.7 Å². The first kappa shape index (κ1) is 19.9. The molecule has 3 heterocycles. The Morgan fingerprint density at radius 3 is 2.44 bits per heavy atom. The zero-order valence-corrected chi connectivity index (χ0v) is 15.6. The molecule has 10 heteroatoms. The molecule has 0 N–H and O–H groups in total. The molecule has 0 saturated carbocycles. The molecule has 0 aliphatic carbocycles. The first-order chi connectivity index (χ1) is 12.5. The number of aromatic nitrogens is 2. The van der Waals surface area contributed by atoms with Gasteiger partial charge in [-0.1, -0.05) is 5.16 Å². The van der Waals surface area contributed by atoms with E-state index in [-0.39, 0.29) is 37.6 Å². The van der Waals surface area contributed by atoms with E-state index in [1.54, 1.807) is 20.8 Å². The molecular formula is C17H24F3N3O4. The first-order valence-electron chi connectivity index (χ1n) is 9.02. The Hall–Kier alpha value is -1.84. The van der Waals surface area contributed by atoms with E-state index in [1.807, 2.05) is 0 Å². The lowest BCUT2D eigenvalue weighted by molar-refractivity contribution is -0.205. The Labute approximate surface area is 155 Å². The lowest BCUT2D eigenvalue weighted by atomic mass is 9.77. The number of amides is 1. The van der Waals surface area contributed by atoms with Crippen molar-refractivity contribution in [3.63, 3.8) is 0 Å². The Balaban J connectivity index is 1.77. The highest BCUT2D eigenvalue weighted by molar-refractivity contribution is 5.68. The minimum absolute atomic E-state index is 0.0840. The maximum Gasteiger partial charge on any atom is 0.410 e. The van der Waals surface area contributed by atoms with Gasteiger partial charge in [0.1, 0.15) is 17.1 Å². The zero-order chi connectivity index (χ0) is 19.9. The summed E-state index contributed by atoms with van der Waals surface area (Å²) in [6.45, 7) is 5.45. The smallest absolute Gasteiger partial charge is 0.410 e. The molecule has 0 aromatic carbocycles. The van der Waals surface area contributed by atoms with Crippen molar-refractivity contribution in [3.05, 3.63) is 11.7 Å². The summed E-state index contributed by atoms with van der Waals surface area (Å²) in [7, 11) is 0. The second-order valence-corrected chi connectivity index (χ2v) is 8.01. The third-order valence-corrected chi connectivity index (χ3v) is 4.89. The minimum Gasteiger partial charge on any atom is -0.444 e. The van der Waals surface area contributed by atoms with Crippen molar-refractivity contribution in [3.8, 4) is 0 Å². The van der Waals surface area contributed by atoms with Crippen molar-refractivity contribution in [2.45, 2.75) is 69.8 Å². The molecule has 1 amide bonds. The van der Waals surface area contributed by atoms with E-state index in [1.165, 1.54) is 4.90 Å². The Morgan fingerprint density at radius 1 is 1.26 bits per heavy atom. The topological polar surface area (TPSA) is 77.7 Å². The summed E-state index contributed by atoms with van der Waals surface area (Å²) in [6.07, 6.45) is -4.87. The number of carbonyl (C=O) groups is 1. The van der Waals surface area contributed by atoms with E-state index in [0.29, 0.717) is 13.0 Å². The molecule has 152 valence electrons. The second kappa shape index (κ2) is 6.96. The van der Waals surface area contributed by atoms with Gasteiger partial charge in [0.2, 0.25) is 0 Å². The van der Waals surface area contributed by atoms with Gasteiger partial charge in [0.05, 0.1) is 0 Å². The number of hydrogen-bond acceptors (Lipinski definition) is 6. The van der Waals surface area contributed by atoms with Crippen LogP contribution < -0.4 is 0 Å². The SMILES string of the molecule is CC(C)(C)OC(=O)N1CCC(c2noc(C3CCCO3)n2)(C(F)(F)F)CC1. The zero-order valence-electron chi connectivity index (χ0n) is 15.6. The van der Waals surface area contributed by atoms with Gasteiger partial charge in [-0.05, 0) is 46.5 Å². The van der Waals surface area contributed by atoms with E-state index in [0.717, 1.165) is 6.42 Å². The van der Waals surface area contributed by atoms with Crippen LogP contribution in [0.3, 0.4) is 0 Å². The van der Waals surface area contributed by atoms with Gasteiger partial charge in [0.15, 0.2) is 5.82 Å². The Bertz CT molecular complexity index is 670. The highest BCUT2D eigenvalue weighted by Gasteiger charge is 2.60. The highest BCUT2D eigenvalue weighted by atomic mass is 19.4. The number of alkyl halides is 3. The van der Waals surface area contributed by atoms with Crippen LogP contribution in [-0.2, 0) is 14.9 Å². The van der Waals surface area contributed by atoms with Gasteiger partial charge in [-0.15, -0.1) is 0 Å². The van der Waals surface area contributed by atoms with Gasteiger partial charge in [-0.3, -0.25) is 0 Å². The van der Waals surface area contributed by atoms with Crippen LogP contribution in [0.4, 0.5) is 18.0 Å². The largest absolute Gasteiger partial charge is 0.444 e. The molecule has 7 nitrogen and oxygen atoms in total. The van der Waals surface area contributed by atoms with Crippen LogP contribution in [0, 0.1) is 0 Å². The fourth-order valence-corrected chi connectivity index (χ4v) is 3.36. The lowest BCUT2D eigenvalue weighted by Crippen LogP contribution is -2.53. The third kappa shape index (κ3) is 4.04. The van der Waals surface area contributed by atoms with E-state index in [9.17, 15) is 18.0 Å². The van der Waals surface area contributed by atoms with Gasteiger partial charge in [0, 0.05) is 19.7 Å². The van der Waals surface area contributed by atoms with Gasteiger partial charge in [-0.25, -0.2) is 4.79 Å². The molecule has 1 aromatic heterocycles. The molecule has 2 aliphatic heterocycles. The predicted molar refractivity (Wildman–Crippen MR) is 87.0 cm³/mol. The summed E-state index contributed by atoms with van der Waals surface area (Å²) in [5.74, 6) is -0.301. The monoisotopic (exact) mass is 391 g/mol. The molecule has 2 saturated heterocycles. The number of piperidine rings is 1. The fourth-order valence-electron chi connectivity index (χ4n) is 3.36. The van der Waals surface area contributed by atoms with Gasteiger partial charge < -0.3 is 18.9 Å². The molecule has 3 rings (SSSR count). The number of carbonyl (C=O) groups excluding carboxylic acids is 1. The van der Waals surface area contributed by atoms with Crippen LogP contribution in [0.1, 0.15) is 64.3 Å². The Kier molecular flexibility index (Phi) is 5.13. The van der Waals surface area contributed by atoms with Crippen LogP contribution in [0.2, 0.25) is 0 Å². The number of hydrogen-bond donors (Lipinski definition) is 0. The summed E-state index contributed by atoms with van der Waals surface area (Å²) in [5.41, 5.74) is -2.95. The number of rotatable bonds is 2. The number of halogens is 3. The molecule has 1 aromatic rings. The molecule has 0 bridgehead atoms. The molecule has 2 fully saturated rings. The quantitative estimate of drug-likeness (QED) is 0.764. The van der Waals surface area contributed by atoms with Crippen LogP contribution in [-0.4, -0.2) is 52.6 Å². The van der Waals surface area contributed by atoms with E-state index in [2.05, 4.69) is 10.1 Å². The number of nitrogens with zero attached hydrogens (tertiary/aromatic N) is 3. The molecule has 1 unspecified atom stereocenters. The fraction of sp³-hybridized carbons (Fsp3) is 0.824. The van der Waals surface area contributed by atoms with E-state index in [4.69, 9.17) is 14.0 Å². The predicted octanol–water partition coefficient (Wildman–Crippen LogP) is 3.75. The van der Waals surface area contributed by atoms with Crippen molar-refractivity contribution in [1.29, 1.82) is 0 Å². The summed E-state index contributed by atoms with van der Waals surface area (Å²) >= 11 is 0. The van der Waals surface area contributed by atoms with Crippen molar-refractivity contribution >= 4 is 6.09 Å². The third-order valence-electron chi connectivity index (χ3n) is 4.89. The van der Waals surface area contributed by atoms with Gasteiger partial charge in [0.25, 0.3) is 5.89 Å². The summed E-state index contributed by atoms with van der Waals surface area (Å²) in [6, 6.07) is 0. The average molecular weight is 391 g/mol. The van der Waals surface area contributed by atoms with Crippen LogP contribution in [0.25, 0.3) is 0 Å². The average Bonchev–Trinajstić information content (AvgIpc) is 3.23. The second-order valence-electron chi connectivity index (χ2n) is 8.01. The standard InChI is InChI=1S/C17H24F3N3O4/c1-15(2,3)26-14(24)23-8-6-16(7-9-23,17(18,19)20)13-21-12(27-22-13)11-5-4-10-25-11/h11H,4-10H2,1-3H3. The van der Waals surface area contributed by atoms with Gasteiger partial charge in [-0.2, -0.15) is 18.2 Å². The van der Waals surface area contributed by atoms with Crippen LogP contribution >= 0.6 is 0 Å². The van der Waals surface area contributed by atoms with Crippen LogP contribution in [0.5, 0.6) is 0 Å². The summed E-state index contributed by atoms with van der Waals surface area (Å²) < 4.78 is 57.7. The number of ether oxygens (including phenoxy) is 2. The number of likely N-dealkylation sites (tertiary alicyclic amines) is 1. The highest BCUT2D eigenvalue weighted by Crippen LogP contribution is 2.47. The molecule has 0 spiro atoms. The molecule has 27 heavy (non-hydrogen) atoms. The van der Waals surface area contributed by atoms with E-state index < -0.39 is 29.4 Å². The van der Waals surface area contributed by atoms with Crippen LogP contribution in [0.15, 0.2) is 4.52 Å². The molecule has 0 radical (unpaired) electrons. The van der Waals surface area contributed by atoms with Crippen molar-refractivity contribution in [2.24, 2.45) is 0 Å². The summed E-state index contributed by atoms with van der Waals surface area (Å²) in [5, 5.41) is 3.63. The molecule has 1 atom stereocenters. The maximum atomic E-state index is 14.0. The van der Waals surface area contributed by atoms with Crippen molar-refractivity contribution in [1.82, 2.24) is 15.0 Å². The van der Waals surface area contributed by atoms with Crippen molar-refractivity contribution < 1.29 is 32.0 Å². The molecule has 2 aliphatic rings.